The summed E-state index contributed by atoms with van der Waals surface area (Å²) in [6, 6.07) is 9.29. The smallest absolute Gasteiger partial charge is 0.411 e. The summed E-state index contributed by atoms with van der Waals surface area (Å²) in [4.78, 5) is 16.9. The fourth-order valence-corrected chi connectivity index (χ4v) is 3.76. The van der Waals surface area contributed by atoms with Crippen molar-refractivity contribution in [3.8, 4) is 23.0 Å². The van der Waals surface area contributed by atoms with Crippen LogP contribution < -0.4 is 19.5 Å². The Bertz CT molecular complexity index is 1150. The lowest BCUT2D eigenvalue weighted by Gasteiger charge is -2.18. The second-order valence-corrected chi connectivity index (χ2v) is 8.27. The Morgan fingerprint density at radius 1 is 0.971 bits per heavy atom. The lowest BCUT2D eigenvalue weighted by atomic mass is 10.1. The Morgan fingerprint density at radius 2 is 1.71 bits per heavy atom. The molecule has 1 atom stereocenters. The molecule has 0 aliphatic rings. The molecule has 1 heterocycles. The van der Waals surface area contributed by atoms with Crippen molar-refractivity contribution in [2.24, 2.45) is 0 Å². The molecule has 1 unspecified atom stereocenters. The Balaban J connectivity index is 1.81. The molecule has 34 heavy (non-hydrogen) atoms. The van der Waals surface area contributed by atoms with Gasteiger partial charge in [-0.05, 0) is 62.1 Å². The zero-order chi connectivity index (χ0) is 24.7. The molecule has 0 radical (unpaired) electrons. The van der Waals surface area contributed by atoms with E-state index >= 15 is 0 Å². The molecule has 7 heteroatoms. The van der Waals surface area contributed by atoms with E-state index in [4.69, 9.17) is 18.9 Å². The molecule has 1 N–H and O–H groups in total. The summed E-state index contributed by atoms with van der Waals surface area (Å²) in [5.74, 6) is 2.54. The molecule has 182 valence electrons. The third kappa shape index (κ3) is 5.90. The second kappa shape index (κ2) is 11.6. The predicted octanol–water partition coefficient (Wildman–Crippen LogP) is 7.18. The first-order chi connectivity index (χ1) is 16.4. The van der Waals surface area contributed by atoms with Crippen LogP contribution >= 0.6 is 0 Å². The Morgan fingerprint density at radius 3 is 2.38 bits per heavy atom. The quantitative estimate of drug-likeness (QED) is 0.341. The maximum absolute atomic E-state index is 12.4. The number of nitrogens with one attached hydrogen (secondary N) is 1. The lowest BCUT2D eigenvalue weighted by Crippen LogP contribution is -2.22. The van der Waals surface area contributed by atoms with Crippen LogP contribution in [0.25, 0.3) is 10.9 Å². The topological polar surface area (TPSA) is 78.9 Å². The molecule has 0 aliphatic carbocycles. The van der Waals surface area contributed by atoms with Gasteiger partial charge >= 0.3 is 6.09 Å². The molecule has 0 aliphatic heterocycles. The molecule has 2 aromatic carbocycles. The number of carbonyl (C=O) groups is 1. The maximum atomic E-state index is 12.4. The van der Waals surface area contributed by atoms with E-state index in [1.54, 1.807) is 20.4 Å². The Labute approximate surface area is 201 Å². The molecule has 3 aromatic rings. The lowest BCUT2D eigenvalue weighted by molar-refractivity contribution is 0.101. The van der Waals surface area contributed by atoms with Gasteiger partial charge in [-0.1, -0.05) is 26.7 Å². The number of unbranched alkanes of at least 4 members (excludes halogenated alkanes) is 1. The van der Waals surface area contributed by atoms with Gasteiger partial charge in [-0.15, -0.1) is 0 Å². The van der Waals surface area contributed by atoms with E-state index in [1.165, 1.54) is 0 Å². The van der Waals surface area contributed by atoms with Crippen LogP contribution in [0.3, 0.4) is 0 Å². The fraction of sp³-hybridized carbons (Fsp3) is 0.407. The minimum absolute atomic E-state index is 0.0699. The molecule has 1 aromatic heterocycles. The number of aromatic nitrogens is 1. The number of aryl methyl sites for hydroxylation is 2. The van der Waals surface area contributed by atoms with Crippen LogP contribution in [0.1, 0.15) is 50.7 Å². The van der Waals surface area contributed by atoms with E-state index in [2.05, 4.69) is 17.2 Å². The van der Waals surface area contributed by atoms with Crippen LogP contribution in [0.15, 0.2) is 36.5 Å². The van der Waals surface area contributed by atoms with Crippen molar-refractivity contribution < 1.29 is 23.7 Å². The highest BCUT2D eigenvalue weighted by Crippen LogP contribution is 2.38. The fourth-order valence-electron chi connectivity index (χ4n) is 3.76. The van der Waals surface area contributed by atoms with E-state index in [1.807, 2.05) is 51.1 Å². The van der Waals surface area contributed by atoms with Crippen molar-refractivity contribution in [2.75, 3.05) is 19.5 Å². The second-order valence-electron chi connectivity index (χ2n) is 8.27. The molecule has 0 fully saturated rings. The molecule has 0 spiro atoms. The molecular formula is C27H34N2O5. The number of nitrogens with zero attached hydrogens (tertiary/aromatic N) is 1. The van der Waals surface area contributed by atoms with Crippen LogP contribution in [0, 0.1) is 13.8 Å². The number of fused-ring (bicyclic) bond motifs is 1. The van der Waals surface area contributed by atoms with Gasteiger partial charge in [0, 0.05) is 23.3 Å². The van der Waals surface area contributed by atoms with E-state index in [-0.39, 0.29) is 6.10 Å². The first-order valence-corrected chi connectivity index (χ1v) is 11.7. The highest BCUT2D eigenvalue weighted by Gasteiger charge is 2.16. The number of anilines is 1. The molecule has 7 nitrogen and oxygen atoms in total. The van der Waals surface area contributed by atoms with Crippen molar-refractivity contribution in [1.29, 1.82) is 0 Å². The molecule has 0 saturated carbocycles. The molecule has 1 amide bonds. The molecular weight excluding hydrogens is 432 g/mol. The Hall–Kier alpha value is -3.48. The van der Waals surface area contributed by atoms with Gasteiger partial charge in [0.25, 0.3) is 0 Å². The number of benzene rings is 2. The van der Waals surface area contributed by atoms with Crippen molar-refractivity contribution in [3.63, 3.8) is 0 Å². The molecule has 3 rings (SSSR count). The Kier molecular flexibility index (Phi) is 8.57. The number of carbonyl (C=O) groups excluding carboxylic acids is 1. The van der Waals surface area contributed by atoms with Crippen LogP contribution in [0.5, 0.6) is 23.0 Å². The summed E-state index contributed by atoms with van der Waals surface area (Å²) in [5.41, 5.74) is 3.19. The number of amides is 1. The van der Waals surface area contributed by atoms with Gasteiger partial charge in [0.2, 0.25) is 0 Å². The van der Waals surface area contributed by atoms with Crippen LogP contribution in [0.4, 0.5) is 10.5 Å². The first kappa shape index (κ1) is 25.1. The highest BCUT2D eigenvalue weighted by molar-refractivity contribution is 5.89. The van der Waals surface area contributed by atoms with E-state index in [0.717, 1.165) is 47.7 Å². The molecule has 0 bridgehead atoms. The van der Waals surface area contributed by atoms with Crippen LogP contribution in [-0.4, -0.2) is 31.4 Å². The minimum atomic E-state index is -0.430. The number of hydrogen-bond acceptors (Lipinski definition) is 6. The normalized spacial score (nSPS) is 11.7. The monoisotopic (exact) mass is 466 g/mol. The van der Waals surface area contributed by atoms with Gasteiger partial charge in [-0.2, -0.15) is 0 Å². The standard InChI is InChI=1S/C27H34N2O5/c1-7-9-10-19(8-2)33-27(30)29-21-13-18(4)24(14-17(21)3)34-23-11-12-28-22-16-26(32-6)25(31-5)15-20(22)23/h11-16,19H,7-10H2,1-6H3,(H,29,30). The largest absolute Gasteiger partial charge is 0.493 e. The van der Waals surface area contributed by atoms with Crippen molar-refractivity contribution in [3.05, 3.63) is 47.7 Å². The van der Waals surface area contributed by atoms with Gasteiger partial charge in [-0.25, -0.2) is 4.79 Å². The van der Waals surface area contributed by atoms with Gasteiger partial charge in [0.1, 0.15) is 17.6 Å². The number of pyridine rings is 1. The van der Waals surface area contributed by atoms with Gasteiger partial charge in [-0.3, -0.25) is 10.3 Å². The van der Waals surface area contributed by atoms with Gasteiger partial charge in [0.15, 0.2) is 11.5 Å². The van der Waals surface area contributed by atoms with E-state index < -0.39 is 6.09 Å². The highest BCUT2D eigenvalue weighted by atomic mass is 16.6. The third-order valence-corrected chi connectivity index (χ3v) is 5.79. The number of ether oxygens (including phenoxy) is 4. The van der Waals surface area contributed by atoms with Crippen LogP contribution in [-0.2, 0) is 4.74 Å². The third-order valence-electron chi connectivity index (χ3n) is 5.79. The number of methoxy groups -OCH3 is 2. The predicted molar refractivity (Wildman–Crippen MR) is 135 cm³/mol. The van der Waals surface area contributed by atoms with Crippen LogP contribution in [0.2, 0.25) is 0 Å². The number of hydrogen-bond donors (Lipinski definition) is 1. The maximum Gasteiger partial charge on any atom is 0.411 e. The van der Waals surface area contributed by atoms with Crippen molar-refractivity contribution >= 4 is 22.7 Å². The summed E-state index contributed by atoms with van der Waals surface area (Å²) in [6.45, 7) is 8.03. The summed E-state index contributed by atoms with van der Waals surface area (Å²) in [7, 11) is 3.19. The van der Waals surface area contributed by atoms with Gasteiger partial charge in [0.05, 0.1) is 19.7 Å². The molecule has 0 saturated heterocycles. The summed E-state index contributed by atoms with van der Waals surface area (Å²) in [6.07, 6.45) is 4.99. The average Bonchev–Trinajstić information content (AvgIpc) is 2.83. The summed E-state index contributed by atoms with van der Waals surface area (Å²) >= 11 is 0. The van der Waals surface area contributed by atoms with Crippen molar-refractivity contribution in [2.45, 2.75) is 59.5 Å². The minimum Gasteiger partial charge on any atom is -0.493 e. The van der Waals surface area contributed by atoms with E-state index in [9.17, 15) is 4.79 Å². The number of rotatable bonds is 10. The zero-order valence-corrected chi connectivity index (χ0v) is 20.9. The van der Waals surface area contributed by atoms with Crippen molar-refractivity contribution in [1.82, 2.24) is 4.98 Å². The summed E-state index contributed by atoms with van der Waals surface area (Å²) in [5, 5.41) is 3.69. The zero-order valence-electron chi connectivity index (χ0n) is 20.9. The average molecular weight is 467 g/mol. The first-order valence-electron chi connectivity index (χ1n) is 11.7. The summed E-state index contributed by atoms with van der Waals surface area (Å²) < 4.78 is 22.7. The SMILES string of the molecule is CCCCC(CC)OC(=O)Nc1cc(C)c(Oc2ccnc3cc(OC)c(OC)cc23)cc1C. The van der Waals surface area contributed by atoms with E-state index in [0.29, 0.717) is 28.7 Å². The van der Waals surface area contributed by atoms with Gasteiger partial charge < -0.3 is 18.9 Å².